The molecule has 1 heterocycles. The monoisotopic (exact) mass is 389 g/mol. The first-order valence-corrected chi connectivity index (χ1v) is 7.83. The van der Waals surface area contributed by atoms with E-state index in [4.69, 9.17) is 0 Å². The van der Waals surface area contributed by atoms with Gasteiger partial charge in [-0.1, -0.05) is 0 Å². The number of hydrogen-bond acceptors (Lipinski definition) is 3. The van der Waals surface area contributed by atoms with E-state index in [-0.39, 0.29) is 11.3 Å². The van der Waals surface area contributed by atoms with Crippen molar-refractivity contribution in [2.24, 2.45) is 0 Å². The lowest BCUT2D eigenvalue weighted by Gasteiger charge is -2.09. The van der Waals surface area contributed by atoms with Gasteiger partial charge in [0, 0.05) is 17.4 Å². The predicted molar refractivity (Wildman–Crippen MR) is 92.9 cm³/mol. The molecule has 0 aliphatic rings. The number of carbonyl (C=O) groups is 2. The summed E-state index contributed by atoms with van der Waals surface area (Å²) in [7, 11) is 0. The lowest BCUT2D eigenvalue weighted by Crippen LogP contribution is -2.17. The zero-order valence-electron chi connectivity index (χ0n) is 14.0. The Morgan fingerprint density at radius 1 is 0.786 bits per heavy atom. The number of nitrogens with one attached hydrogen (secondary N) is 2. The van der Waals surface area contributed by atoms with Crippen LogP contribution in [0.5, 0.6) is 0 Å². The summed E-state index contributed by atoms with van der Waals surface area (Å²) in [6.07, 6.45) is 1.18. The maximum absolute atomic E-state index is 13.7. The molecule has 0 fully saturated rings. The van der Waals surface area contributed by atoms with Crippen molar-refractivity contribution < 1.29 is 27.2 Å². The minimum atomic E-state index is -1.72. The van der Waals surface area contributed by atoms with Crippen molar-refractivity contribution in [2.75, 3.05) is 10.6 Å². The molecule has 0 spiro atoms. The van der Waals surface area contributed by atoms with Crippen molar-refractivity contribution in [1.29, 1.82) is 0 Å². The Morgan fingerprint density at radius 3 is 2.21 bits per heavy atom. The molecular formula is C19H11F4N3O2. The van der Waals surface area contributed by atoms with E-state index >= 15 is 0 Å². The second-order valence-corrected chi connectivity index (χ2v) is 5.57. The Morgan fingerprint density at radius 2 is 1.50 bits per heavy atom. The molecule has 2 aromatic carbocycles. The number of carbonyl (C=O) groups excluding carboxylic acids is 2. The number of nitrogens with zero attached hydrogens (tertiary/aromatic N) is 1. The molecule has 3 aromatic rings. The standard InChI is InChI=1S/C19H11F4N3O2/c20-11-1-3-12(4-2-11)25-19(28)15-9-10(7-8-24-15)18(27)26-14-6-5-13(21)16(22)17(14)23/h1-9H,(H,25,28)(H,26,27). The first-order valence-electron chi connectivity index (χ1n) is 7.83. The van der Waals surface area contributed by atoms with Crippen LogP contribution in [-0.2, 0) is 0 Å². The van der Waals surface area contributed by atoms with Gasteiger partial charge >= 0.3 is 0 Å². The van der Waals surface area contributed by atoms with E-state index in [0.29, 0.717) is 11.8 Å². The molecule has 3 rings (SSSR count). The van der Waals surface area contributed by atoms with Gasteiger partial charge in [0.15, 0.2) is 17.5 Å². The first-order chi connectivity index (χ1) is 13.3. The SMILES string of the molecule is O=C(Nc1ccc(F)c(F)c1F)c1ccnc(C(=O)Nc2ccc(F)cc2)c1. The number of aromatic nitrogens is 1. The zero-order chi connectivity index (χ0) is 20.3. The van der Waals surface area contributed by atoms with Gasteiger partial charge in [-0.05, 0) is 48.5 Å². The van der Waals surface area contributed by atoms with Crippen LogP contribution < -0.4 is 10.6 Å². The Kier molecular flexibility index (Phi) is 5.35. The molecule has 0 aliphatic carbocycles. The Hall–Kier alpha value is -3.75. The number of hydrogen-bond donors (Lipinski definition) is 2. The first kappa shape index (κ1) is 19.0. The molecule has 0 radical (unpaired) electrons. The van der Waals surface area contributed by atoms with Crippen LogP contribution in [0.4, 0.5) is 28.9 Å². The summed E-state index contributed by atoms with van der Waals surface area (Å²) in [6.45, 7) is 0. The van der Waals surface area contributed by atoms with E-state index in [1.54, 1.807) is 0 Å². The van der Waals surface area contributed by atoms with E-state index in [2.05, 4.69) is 15.6 Å². The number of halogens is 4. The van der Waals surface area contributed by atoms with Crippen LogP contribution in [0.3, 0.4) is 0 Å². The third kappa shape index (κ3) is 4.14. The molecule has 0 aliphatic heterocycles. The van der Waals surface area contributed by atoms with Gasteiger partial charge in [0.25, 0.3) is 11.8 Å². The molecular weight excluding hydrogens is 378 g/mol. The molecule has 142 valence electrons. The molecule has 28 heavy (non-hydrogen) atoms. The second kappa shape index (κ2) is 7.87. The van der Waals surface area contributed by atoms with Gasteiger partial charge in [-0.3, -0.25) is 14.6 Å². The van der Waals surface area contributed by atoms with Gasteiger partial charge in [0.05, 0.1) is 5.69 Å². The highest BCUT2D eigenvalue weighted by molar-refractivity contribution is 6.07. The van der Waals surface area contributed by atoms with Gasteiger partial charge in [-0.25, -0.2) is 17.6 Å². The van der Waals surface area contributed by atoms with Gasteiger partial charge in [-0.2, -0.15) is 0 Å². The van der Waals surface area contributed by atoms with Crippen LogP contribution in [0.15, 0.2) is 54.7 Å². The lowest BCUT2D eigenvalue weighted by molar-refractivity contribution is 0.102. The fourth-order valence-electron chi connectivity index (χ4n) is 2.24. The molecule has 0 bridgehead atoms. The second-order valence-electron chi connectivity index (χ2n) is 5.57. The van der Waals surface area contributed by atoms with Crippen LogP contribution in [0.25, 0.3) is 0 Å². The zero-order valence-corrected chi connectivity index (χ0v) is 14.0. The largest absolute Gasteiger partial charge is 0.321 e. The third-order valence-electron chi connectivity index (χ3n) is 3.64. The van der Waals surface area contributed by atoms with Gasteiger partial charge in [0.2, 0.25) is 0 Å². The van der Waals surface area contributed by atoms with Crippen molar-refractivity contribution in [3.8, 4) is 0 Å². The van der Waals surface area contributed by atoms with E-state index in [1.807, 2.05) is 0 Å². The van der Waals surface area contributed by atoms with Crippen molar-refractivity contribution >= 4 is 23.2 Å². The summed E-state index contributed by atoms with van der Waals surface area (Å²) in [5, 5.41) is 4.57. The topological polar surface area (TPSA) is 71.1 Å². The van der Waals surface area contributed by atoms with Crippen molar-refractivity contribution in [1.82, 2.24) is 4.98 Å². The van der Waals surface area contributed by atoms with Crippen molar-refractivity contribution in [2.45, 2.75) is 0 Å². The van der Waals surface area contributed by atoms with Crippen LogP contribution in [-0.4, -0.2) is 16.8 Å². The maximum atomic E-state index is 13.7. The van der Waals surface area contributed by atoms with Crippen molar-refractivity contribution in [3.63, 3.8) is 0 Å². The molecule has 5 nitrogen and oxygen atoms in total. The fourth-order valence-corrected chi connectivity index (χ4v) is 2.24. The molecule has 0 saturated heterocycles. The molecule has 0 saturated carbocycles. The Bertz CT molecular complexity index is 1060. The lowest BCUT2D eigenvalue weighted by atomic mass is 10.2. The fraction of sp³-hybridized carbons (Fsp3) is 0. The molecule has 9 heteroatoms. The Labute approximate surface area is 156 Å². The number of pyridine rings is 1. The number of anilines is 2. The summed E-state index contributed by atoms with van der Waals surface area (Å²) in [4.78, 5) is 28.3. The van der Waals surface area contributed by atoms with Crippen LogP contribution >= 0.6 is 0 Å². The predicted octanol–water partition coefficient (Wildman–Crippen LogP) is 4.14. The van der Waals surface area contributed by atoms with Crippen molar-refractivity contribution in [3.05, 3.63) is 89.3 Å². The summed E-state index contributed by atoms with van der Waals surface area (Å²) in [6, 6.07) is 8.92. The normalized spacial score (nSPS) is 10.4. The summed E-state index contributed by atoms with van der Waals surface area (Å²) in [5.41, 5.74) is -0.448. The van der Waals surface area contributed by atoms with Crippen LogP contribution in [0.2, 0.25) is 0 Å². The van der Waals surface area contributed by atoms with Gasteiger partial charge in [0.1, 0.15) is 11.5 Å². The number of benzene rings is 2. The summed E-state index contributed by atoms with van der Waals surface area (Å²) >= 11 is 0. The smallest absolute Gasteiger partial charge is 0.274 e. The maximum Gasteiger partial charge on any atom is 0.274 e. The van der Waals surface area contributed by atoms with Gasteiger partial charge < -0.3 is 10.6 Å². The highest BCUT2D eigenvalue weighted by atomic mass is 19.2. The van der Waals surface area contributed by atoms with Crippen LogP contribution in [0.1, 0.15) is 20.8 Å². The average molecular weight is 389 g/mol. The number of amides is 2. The number of rotatable bonds is 4. The van der Waals surface area contributed by atoms with E-state index in [1.165, 1.54) is 24.4 Å². The minimum Gasteiger partial charge on any atom is -0.321 e. The van der Waals surface area contributed by atoms with E-state index < -0.39 is 40.8 Å². The van der Waals surface area contributed by atoms with E-state index in [0.717, 1.165) is 24.3 Å². The molecule has 0 unspecified atom stereocenters. The van der Waals surface area contributed by atoms with Gasteiger partial charge in [-0.15, -0.1) is 0 Å². The highest BCUT2D eigenvalue weighted by Gasteiger charge is 2.17. The van der Waals surface area contributed by atoms with Crippen LogP contribution in [0, 0.1) is 23.3 Å². The average Bonchev–Trinajstić information content (AvgIpc) is 2.70. The summed E-state index contributed by atoms with van der Waals surface area (Å²) < 4.78 is 52.8. The molecule has 2 N–H and O–H groups in total. The highest BCUT2D eigenvalue weighted by Crippen LogP contribution is 2.20. The Balaban J connectivity index is 1.77. The quantitative estimate of drug-likeness (QED) is 0.520. The summed E-state index contributed by atoms with van der Waals surface area (Å²) in [5.74, 6) is -6.65. The molecule has 2 amide bonds. The molecule has 0 atom stereocenters. The third-order valence-corrected chi connectivity index (χ3v) is 3.64. The minimum absolute atomic E-state index is 0.0663. The molecule has 1 aromatic heterocycles. The van der Waals surface area contributed by atoms with E-state index in [9.17, 15) is 27.2 Å².